The molecular formula is C11H20O. The van der Waals surface area contributed by atoms with Crippen molar-refractivity contribution in [2.24, 2.45) is 5.41 Å². The summed E-state index contributed by atoms with van der Waals surface area (Å²) in [6.45, 7) is 6.05. The molecule has 0 aromatic carbocycles. The van der Waals surface area contributed by atoms with Gasteiger partial charge in [0.15, 0.2) is 0 Å². The fourth-order valence-corrected chi connectivity index (χ4v) is 0.939. The molecule has 0 bridgehead atoms. The minimum absolute atomic E-state index is 0.272. The van der Waals surface area contributed by atoms with Crippen molar-refractivity contribution in [3.63, 3.8) is 0 Å². The maximum Gasteiger partial charge on any atom is 0.129 e. The van der Waals surface area contributed by atoms with E-state index in [1.54, 1.807) is 0 Å². The fourth-order valence-electron chi connectivity index (χ4n) is 0.939. The summed E-state index contributed by atoms with van der Waals surface area (Å²) in [5.74, 6) is 0. The quantitative estimate of drug-likeness (QED) is 0.338. The third-order valence-corrected chi connectivity index (χ3v) is 1.83. The second-order valence-electron chi connectivity index (χ2n) is 3.84. The van der Waals surface area contributed by atoms with Crippen LogP contribution in [-0.4, -0.2) is 6.29 Å². The second kappa shape index (κ2) is 5.99. The predicted molar refractivity (Wildman–Crippen MR) is 53.1 cm³/mol. The zero-order valence-corrected chi connectivity index (χ0v) is 8.47. The molecule has 70 valence electrons. The lowest BCUT2D eigenvalue weighted by atomic mass is 9.95. The molecule has 0 N–H and O–H groups in total. The number of unbranched alkanes of at least 4 members (excludes halogenated alkanes) is 3. The first kappa shape index (κ1) is 11.4. The second-order valence-corrected chi connectivity index (χ2v) is 3.84. The Bertz CT molecular complexity index is 145. The van der Waals surface area contributed by atoms with Gasteiger partial charge in [-0.3, -0.25) is 0 Å². The average molecular weight is 168 g/mol. The molecule has 12 heavy (non-hydrogen) atoms. The summed E-state index contributed by atoms with van der Waals surface area (Å²) in [5, 5.41) is 0. The molecule has 0 atom stereocenters. The highest BCUT2D eigenvalue weighted by molar-refractivity contribution is 5.61. The predicted octanol–water partition coefficient (Wildman–Crippen LogP) is 3.35. The minimum atomic E-state index is -0.272. The monoisotopic (exact) mass is 168 g/mol. The summed E-state index contributed by atoms with van der Waals surface area (Å²) in [6, 6.07) is 0. The van der Waals surface area contributed by atoms with Crippen LogP contribution in [0.25, 0.3) is 0 Å². The Morgan fingerprint density at radius 3 is 2.42 bits per heavy atom. The first-order chi connectivity index (χ1) is 5.62. The van der Waals surface area contributed by atoms with Gasteiger partial charge < -0.3 is 4.79 Å². The largest absolute Gasteiger partial charge is 0.302 e. The van der Waals surface area contributed by atoms with Crippen molar-refractivity contribution in [3.05, 3.63) is 12.2 Å². The van der Waals surface area contributed by atoms with E-state index in [1.807, 2.05) is 19.9 Å². The fraction of sp³-hybridized carbons (Fsp3) is 0.727. The van der Waals surface area contributed by atoms with E-state index in [-0.39, 0.29) is 5.41 Å². The maximum atomic E-state index is 10.5. The summed E-state index contributed by atoms with van der Waals surface area (Å²) in [6.07, 6.45) is 9.98. The van der Waals surface area contributed by atoms with Crippen LogP contribution in [0.1, 0.15) is 46.5 Å². The van der Waals surface area contributed by atoms with Crippen LogP contribution in [0, 0.1) is 5.41 Å². The molecule has 0 fully saturated rings. The van der Waals surface area contributed by atoms with Gasteiger partial charge in [-0.05, 0) is 26.7 Å². The molecule has 1 heteroatoms. The van der Waals surface area contributed by atoms with E-state index in [2.05, 4.69) is 13.0 Å². The highest BCUT2D eigenvalue weighted by Crippen LogP contribution is 2.13. The number of carbonyl (C=O) groups excluding carboxylic acids is 1. The van der Waals surface area contributed by atoms with Crippen LogP contribution in [0.15, 0.2) is 12.2 Å². The van der Waals surface area contributed by atoms with Crippen LogP contribution in [0.4, 0.5) is 0 Å². The summed E-state index contributed by atoms with van der Waals surface area (Å²) in [7, 11) is 0. The number of allylic oxidation sites excluding steroid dienone is 2. The lowest BCUT2D eigenvalue weighted by Crippen LogP contribution is -2.07. The number of rotatable bonds is 6. The normalized spacial score (nSPS) is 12.2. The van der Waals surface area contributed by atoms with Crippen molar-refractivity contribution >= 4 is 6.29 Å². The molecule has 0 aromatic rings. The minimum Gasteiger partial charge on any atom is -0.302 e. The molecule has 1 nitrogen and oxygen atoms in total. The highest BCUT2D eigenvalue weighted by Gasteiger charge is 2.09. The van der Waals surface area contributed by atoms with Crippen molar-refractivity contribution in [1.82, 2.24) is 0 Å². The van der Waals surface area contributed by atoms with Crippen molar-refractivity contribution in [2.45, 2.75) is 46.5 Å². The number of hydrogen-bond acceptors (Lipinski definition) is 1. The molecule has 0 amide bonds. The van der Waals surface area contributed by atoms with Crippen LogP contribution in [0.3, 0.4) is 0 Å². The molecule has 0 aromatic heterocycles. The van der Waals surface area contributed by atoms with Gasteiger partial charge in [0.25, 0.3) is 0 Å². The van der Waals surface area contributed by atoms with Gasteiger partial charge >= 0.3 is 0 Å². The van der Waals surface area contributed by atoms with Gasteiger partial charge in [-0.15, -0.1) is 0 Å². The van der Waals surface area contributed by atoms with Crippen molar-refractivity contribution < 1.29 is 4.79 Å². The zero-order chi connectivity index (χ0) is 9.45. The van der Waals surface area contributed by atoms with Crippen molar-refractivity contribution in [3.8, 4) is 0 Å². The first-order valence-electron chi connectivity index (χ1n) is 4.76. The molecule has 0 saturated heterocycles. The molecule has 0 spiro atoms. The molecule has 0 aliphatic rings. The van der Waals surface area contributed by atoms with E-state index in [0.29, 0.717) is 0 Å². The average Bonchev–Trinajstić information content (AvgIpc) is 2.04. The number of carbonyl (C=O) groups is 1. The van der Waals surface area contributed by atoms with E-state index in [1.165, 1.54) is 19.3 Å². The Morgan fingerprint density at radius 2 is 1.92 bits per heavy atom. The Labute approximate surface area is 75.9 Å². The van der Waals surface area contributed by atoms with Crippen LogP contribution >= 0.6 is 0 Å². The highest BCUT2D eigenvalue weighted by atomic mass is 16.1. The van der Waals surface area contributed by atoms with Gasteiger partial charge in [0.2, 0.25) is 0 Å². The lowest BCUT2D eigenvalue weighted by molar-refractivity contribution is -0.112. The maximum absolute atomic E-state index is 10.5. The third kappa shape index (κ3) is 6.14. The zero-order valence-electron chi connectivity index (χ0n) is 8.47. The van der Waals surface area contributed by atoms with Gasteiger partial charge in [0.1, 0.15) is 6.29 Å². The van der Waals surface area contributed by atoms with Crippen molar-refractivity contribution in [2.75, 3.05) is 0 Å². The molecular weight excluding hydrogens is 148 g/mol. The van der Waals surface area contributed by atoms with E-state index in [0.717, 1.165) is 12.7 Å². The van der Waals surface area contributed by atoms with E-state index in [9.17, 15) is 4.79 Å². The van der Waals surface area contributed by atoms with Crippen LogP contribution in [0.2, 0.25) is 0 Å². The smallest absolute Gasteiger partial charge is 0.129 e. The molecule has 0 aliphatic heterocycles. The van der Waals surface area contributed by atoms with Crippen LogP contribution < -0.4 is 0 Å². The Morgan fingerprint density at radius 1 is 1.25 bits per heavy atom. The van der Waals surface area contributed by atoms with Gasteiger partial charge in [-0.25, -0.2) is 0 Å². The third-order valence-electron chi connectivity index (χ3n) is 1.83. The van der Waals surface area contributed by atoms with E-state index < -0.39 is 0 Å². The first-order valence-corrected chi connectivity index (χ1v) is 4.76. The van der Waals surface area contributed by atoms with Crippen molar-refractivity contribution in [1.29, 1.82) is 0 Å². The van der Waals surface area contributed by atoms with Gasteiger partial charge in [0.05, 0.1) is 0 Å². The SMILES string of the molecule is CCCCC/C=C/C(C)(C)C=O. The Kier molecular flexibility index (Phi) is 5.69. The van der Waals surface area contributed by atoms with Gasteiger partial charge in [-0.1, -0.05) is 31.9 Å². The molecule has 0 saturated carbocycles. The number of aldehydes is 1. The molecule has 0 heterocycles. The van der Waals surface area contributed by atoms with Gasteiger partial charge in [-0.2, -0.15) is 0 Å². The topological polar surface area (TPSA) is 17.1 Å². The van der Waals surface area contributed by atoms with Gasteiger partial charge in [0, 0.05) is 5.41 Å². The van der Waals surface area contributed by atoms with Crippen LogP contribution in [-0.2, 0) is 4.79 Å². The Hall–Kier alpha value is -0.590. The molecule has 0 unspecified atom stereocenters. The number of hydrogen-bond donors (Lipinski definition) is 0. The Balaban J connectivity index is 3.54. The van der Waals surface area contributed by atoms with E-state index in [4.69, 9.17) is 0 Å². The summed E-state index contributed by atoms with van der Waals surface area (Å²) in [5.41, 5.74) is -0.272. The molecule has 0 aliphatic carbocycles. The molecule has 0 radical (unpaired) electrons. The van der Waals surface area contributed by atoms with Crippen LogP contribution in [0.5, 0.6) is 0 Å². The standard InChI is InChI=1S/C11H20O/c1-4-5-6-7-8-9-11(2,3)10-12/h8-10H,4-7H2,1-3H3/b9-8+. The lowest BCUT2D eigenvalue weighted by Gasteiger charge is -2.08. The summed E-state index contributed by atoms with van der Waals surface area (Å²) >= 11 is 0. The summed E-state index contributed by atoms with van der Waals surface area (Å²) < 4.78 is 0. The van der Waals surface area contributed by atoms with E-state index >= 15 is 0 Å². The molecule has 0 rings (SSSR count). The summed E-state index contributed by atoms with van der Waals surface area (Å²) in [4.78, 5) is 10.5.